The molecule has 3 rings (SSSR count). The van der Waals surface area contributed by atoms with Gasteiger partial charge in [-0.25, -0.2) is 4.98 Å². The number of anilines is 2. The standard InChI is InChI=1S/C16H24N4O/c1-16(7-4-8-17-12-16)15(21)19-13-5-6-14(18-11-13)20-9-2-3-10-20/h5-6,11,17H,2-4,7-10,12H2,1H3,(H,19,21). The zero-order valence-corrected chi connectivity index (χ0v) is 12.7. The number of nitrogens with zero attached hydrogens (tertiary/aromatic N) is 2. The van der Waals surface area contributed by atoms with Gasteiger partial charge >= 0.3 is 0 Å². The highest BCUT2D eigenvalue weighted by Crippen LogP contribution is 2.27. The van der Waals surface area contributed by atoms with Crippen molar-refractivity contribution >= 4 is 17.4 Å². The minimum absolute atomic E-state index is 0.0884. The van der Waals surface area contributed by atoms with E-state index in [4.69, 9.17) is 0 Å². The molecule has 0 saturated carbocycles. The number of pyridine rings is 1. The van der Waals surface area contributed by atoms with Gasteiger partial charge in [-0.15, -0.1) is 0 Å². The molecule has 2 saturated heterocycles. The number of hydrogen-bond acceptors (Lipinski definition) is 4. The molecule has 5 nitrogen and oxygen atoms in total. The second kappa shape index (κ2) is 6.02. The van der Waals surface area contributed by atoms with Crippen molar-refractivity contribution in [3.63, 3.8) is 0 Å². The van der Waals surface area contributed by atoms with Crippen molar-refractivity contribution in [2.45, 2.75) is 32.6 Å². The molecule has 0 bridgehead atoms. The first-order valence-electron chi connectivity index (χ1n) is 7.91. The monoisotopic (exact) mass is 288 g/mol. The highest BCUT2D eigenvalue weighted by Gasteiger charge is 2.34. The van der Waals surface area contributed by atoms with Gasteiger partial charge in [-0.1, -0.05) is 0 Å². The summed E-state index contributed by atoms with van der Waals surface area (Å²) in [5.74, 6) is 1.10. The minimum Gasteiger partial charge on any atom is -0.357 e. The Kier molecular flexibility index (Phi) is 4.10. The van der Waals surface area contributed by atoms with Crippen LogP contribution in [0.3, 0.4) is 0 Å². The van der Waals surface area contributed by atoms with Crippen LogP contribution in [0.2, 0.25) is 0 Å². The maximum Gasteiger partial charge on any atom is 0.231 e. The first-order valence-corrected chi connectivity index (χ1v) is 7.91. The number of rotatable bonds is 3. The summed E-state index contributed by atoms with van der Waals surface area (Å²) < 4.78 is 0. The average Bonchev–Trinajstić information content (AvgIpc) is 3.03. The molecular weight excluding hydrogens is 264 g/mol. The van der Waals surface area contributed by atoms with Gasteiger partial charge in [0.25, 0.3) is 0 Å². The first-order chi connectivity index (χ1) is 10.2. The summed E-state index contributed by atoms with van der Waals surface area (Å²) in [6.07, 6.45) is 6.24. The fourth-order valence-corrected chi connectivity index (χ4v) is 3.13. The van der Waals surface area contributed by atoms with Crippen molar-refractivity contribution in [3.05, 3.63) is 18.3 Å². The quantitative estimate of drug-likeness (QED) is 0.893. The lowest BCUT2D eigenvalue weighted by atomic mass is 9.82. The van der Waals surface area contributed by atoms with Crippen LogP contribution in [0.15, 0.2) is 18.3 Å². The van der Waals surface area contributed by atoms with Gasteiger partial charge in [0.1, 0.15) is 5.82 Å². The van der Waals surface area contributed by atoms with Gasteiger partial charge < -0.3 is 15.5 Å². The summed E-state index contributed by atoms with van der Waals surface area (Å²) in [5.41, 5.74) is 0.473. The van der Waals surface area contributed by atoms with Crippen LogP contribution in [0, 0.1) is 5.41 Å². The van der Waals surface area contributed by atoms with Crippen LogP contribution in [0.5, 0.6) is 0 Å². The van der Waals surface area contributed by atoms with Gasteiger partial charge in [0, 0.05) is 19.6 Å². The molecule has 5 heteroatoms. The second-order valence-electron chi connectivity index (χ2n) is 6.39. The van der Waals surface area contributed by atoms with Crippen molar-refractivity contribution in [1.82, 2.24) is 10.3 Å². The normalized spacial score (nSPS) is 25.9. The lowest BCUT2D eigenvalue weighted by Gasteiger charge is -2.32. The molecule has 1 unspecified atom stereocenters. The van der Waals surface area contributed by atoms with E-state index in [0.29, 0.717) is 0 Å². The molecule has 1 aromatic heterocycles. The Labute approximate surface area is 126 Å². The average molecular weight is 288 g/mol. The van der Waals surface area contributed by atoms with E-state index in [0.717, 1.165) is 50.5 Å². The molecule has 2 aliphatic heterocycles. The molecule has 2 aliphatic rings. The largest absolute Gasteiger partial charge is 0.357 e. The van der Waals surface area contributed by atoms with Gasteiger partial charge in [0.15, 0.2) is 0 Å². The third kappa shape index (κ3) is 3.18. The zero-order chi connectivity index (χ0) is 14.7. The highest BCUT2D eigenvalue weighted by atomic mass is 16.2. The number of carbonyl (C=O) groups is 1. The first kappa shape index (κ1) is 14.3. The van der Waals surface area contributed by atoms with E-state index in [1.807, 2.05) is 19.1 Å². The summed E-state index contributed by atoms with van der Waals surface area (Å²) in [7, 11) is 0. The van der Waals surface area contributed by atoms with Crippen LogP contribution < -0.4 is 15.5 Å². The topological polar surface area (TPSA) is 57.3 Å². The maximum atomic E-state index is 12.4. The summed E-state index contributed by atoms with van der Waals surface area (Å²) in [5, 5.41) is 6.32. The van der Waals surface area contributed by atoms with Gasteiger partial charge in [-0.05, 0) is 51.3 Å². The molecule has 1 atom stereocenters. The second-order valence-corrected chi connectivity index (χ2v) is 6.39. The number of amides is 1. The Balaban J connectivity index is 1.63. The number of aromatic nitrogens is 1. The van der Waals surface area contributed by atoms with E-state index in [9.17, 15) is 4.79 Å². The van der Waals surface area contributed by atoms with Crippen LogP contribution in [0.25, 0.3) is 0 Å². The van der Waals surface area contributed by atoms with Gasteiger partial charge in [-0.3, -0.25) is 4.79 Å². The Bertz CT molecular complexity index is 488. The Morgan fingerprint density at radius 3 is 2.76 bits per heavy atom. The van der Waals surface area contributed by atoms with Gasteiger partial charge in [0.05, 0.1) is 17.3 Å². The van der Waals surface area contributed by atoms with Crippen molar-refractivity contribution in [3.8, 4) is 0 Å². The molecule has 21 heavy (non-hydrogen) atoms. The Morgan fingerprint density at radius 2 is 2.14 bits per heavy atom. The maximum absolute atomic E-state index is 12.4. The molecule has 3 heterocycles. The molecule has 1 aromatic rings. The predicted octanol–water partition coefficient (Wildman–Crippen LogP) is 2.01. The number of carbonyl (C=O) groups excluding carboxylic acids is 1. The summed E-state index contributed by atoms with van der Waals surface area (Å²) in [6, 6.07) is 3.96. The van der Waals surface area contributed by atoms with Crippen LogP contribution in [-0.2, 0) is 4.79 Å². The number of hydrogen-bond donors (Lipinski definition) is 2. The lowest BCUT2D eigenvalue weighted by Crippen LogP contribution is -2.46. The molecule has 0 aliphatic carbocycles. The van der Waals surface area contributed by atoms with Gasteiger partial charge in [-0.2, -0.15) is 0 Å². The molecule has 0 aromatic carbocycles. The van der Waals surface area contributed by atoms with Crippen molar-refractivity contribution in [1.29, 1.82) is 0 Å². The summed E-state index contributed by atoms with van der Waals surface area (Å²) >= 11 is 0. The van der Waals surface area contributed by atoms with Crippen molar-refractivity contribution < 1.29 is 4.79 Å². The van der Waals surface area contributed by atoms with E-state index in [1.165, 1.54) is 12.8 Å². The minimum atomic E-state index is -0.314. The van der Waals surface area contributed by atoms with E-state index < -0.39 is 0 Å². The molecule has 0 radical (unpaired) electrons. The van der Waals surface area contributed by atoms with E-state index >= 15 is 0 Å². The third-order valence-electron chi connectivity index (χ3n) is 4.58. The molecule has 114 valence electrons. The third-order valence-corrected chi connectivity index (χ3v) is 4.58. The fraction of sp³-hybridized carbons (Fsp3) is 0.625. The van der Waals surface area contributed by atoms with Crippen LogP contribution >= 0.6 is 0 Å². The number of piperidine rings is 1. The summed E-state index contributed by atoms with van der Waals surface area (Å²) in [6.45, 7) is 5.96. The van der Waals surface area contributed by atoms with E-state index in [2.05, 4.69) is 20.5 Å². The zero-order valence-electron chi connectivity index (χ0n) is 12.7. The molecule has 2 fully saturated rings. The van der Waals surface area contributed by atoms with Crippen LogP contribution in [0.4, 0.5) is 11.5 Å². The van der Waals surface area contributed by atoms with Crippen LogP contribution in [0.1, 0.15) is 32.6 Å². The SMILES string of the molecule is CC1(C(=O)Nc2ccc(N3CCCC3)nc2)CCCNC1. The van der Waals surface area contributed by atoms with Crippen molar-refractivity contribution in [2.24, 2.45) is 5.41 Å². The molecule has 2 N–H and O–H groups in total. The highest BCUT2D eigenvalue weighted by molar-refractivity contribution is 5.95. The van der Waals surface area contributed by atoms with E-state index in [-0.39, 0.29) is 11.3 Å². The number of nitrogens with one attached hydrogen (secondary N) is 2. The van der Waals surface area contributed by atoms with Gasteiger partial charge in [0.2, 0.25) is 5.91 Å². The lowest BCUT2D eigenvalue weighted by molar-refractivity contribution is -0.125. The van der Waals surface area contributed by atoms with E-state index in [1.54, 1.807) is 6.20 Å². The Morgan fingerprint density at radius 1 is 1.33 bits per heavy atom. The molecule has 0 spiro atoms. The fourth-order valence-electron chi connectivity index (χ4n) is 3.13. The van der Waals surface area contributed by atoms with Crippen molar-refractivity contribution in [2.75, 3.05) is 36.4 Å². The van der Waals surface area contributed by atoms with Crippen LogP contribution in [-0.4, -0.2) is 37.1 Å². The summed E-state index contributed by atoms with van der Waals surface area (Å²) in [4.78, 5) is 19.2. The molecular formula is C16H24N4O. The smallest absolute Gasteiger partial charge is 0.231 e. The Hall–Kier alpha value is -1.62. The predicted molar refractivity (Wildman–Crippen MR) is 84.5 cm³/mol. The molecule has 1 amide bonds.